The van der Waals surface area contributed by atoms with Gasteiger partial charge in [-0.05, 0) is 46.1 Å². The summed E-state index contributed by atoms with van der Waals surface area (Å²) in [6.07, 6.45) is 1.90. The maximum Gasteiger partial charge on any atom is 0.253 e. The van der Waals surface area contributed by atoms with Crippen LogP contribution >= 0.6 is 15.9 Å². The summed E-state index contributed by atoms with van der Waals surface area (Å²) in [5.41, 5.74) is 1.70. The number of ether oxygens (including phenoxy) is 1. The normalized spacial score (nSPS) is 11.8. The first kappa shape index (κ1) is 16.6. The quantitative estimate of drug-likeness (QED) is 0.807. The molecule has 0 radical (unpaired) electrons. The van der Waals surface area contributed by atoms with Crippen LogP contribution in [0.25, 0.3) is 0 Å². The topological polar surface area (TPSA) is 38.3 Å². The maximum absolute atomic E-state index is 12.6. The summed E-state index contributed by atoms with van der Waals surface area (Å²) in [4.78, 5) is 12.6. The predicted molar refractivity (Wildman–Crippen MR) is 92.3 cm³/mol. The minimum absolute atomic E-state index is 0.0109. The average Bonchev–Trinajstić information content (AvgIpc) is 2.55. The van der Waals surface area contributed by atoms with Crippen molar-refractivity contribution in [1.82, 2.24) is 5.32 Å². The summed E-state index contributed by atoms with van der Waals surface area (Å²) in [5.74, 6) is 0.563. The molecule has 2 aromatic rings. The van der Waals surface area contributed by atoms with Crippen molar-refractivity contribution in [3.8, 4) is 5.75 Å². The van der Waals surface area contributed by atoms with Crippen molar-refractivity contribution < 1.29 is 9.53 Å². The minimum Gasteiger partial charge on any atom is -0.497 e. The summed E-state index contributed by atoms with van der Waals surface area (Å²) in [6, 6.07) is 15.4. The van der Waals surface area contributed by atoms with Gasteiger partial charge in [0.15, 0.2) is 0 Å². The molecule has 0 fully saturated rings. The smallest absolute Gasteiger partial charge is 0.253 e. The van der Waals surface area contributed by atoms with Gasteiger partial charge in [-0.2, -0.15) is 0 Å². The second-order valence-corrected chi connectivity index (χ2v) is 5.93. The number of nitrogens with one attached hydrogen (secondary N) is 1. The van der Waals surface area contributed by atoms with Crippen LogP contribution in [0.4, 0.5) is 0 Å². The molecule has 1 N–H and O–H groups in total. The predicted octanol–water partition coefficient (Wildman–Crippen LogP) is 4.73. The molecule has 1 unspecified atom stereocenters. The van der Waals surface area contributed by atoms with Gasteiger partial charge in [-0.25, -0.2) is 0 Å². The Morgan fingerprint density at radius 1 is 1.23 bits per heavy atom. The fraction of sp³-hybridized carbons (Fsp3) is 0.278. The van der Waals surface area contributed by atoms with Gasteiger partial charge < -0.3 is 10.1 Å². The molecule has 0 aliphatic heterocycles. The van der Waals surface area contributed by atoms with Gasteiger partial charge >= 0.3 is 0 Å². The van der Waals surface area contributed by atoms with E-state index < -0.39 is 0 Å². The van der Waals surface area contributed by atoms with Crippen LogP contribution in [0.1, 0.15) is 41.7 Å². The van der Waals surface area contributed by atoms with Gasteiger partial charge in [0.05, 0.1) is 18.7 Å². The lowest BCUT2D eigenvalue weighted by atomic mass is 10.0. The van der Waals surface area contributed by atoms with Crippen molar-refractivity contribution in [1.29, 1.82) is 0 Å². The summed E-state index contributed by atoms with van der Waals surface area (Å²) < 4.78 is 5.95. The Hall–Kier alpha value is -1.81. The van der Waals surface area contributed by atoms with Crippen LogP contribution in [0, 0.1) is 0 Å². The summed E-state index contributed by atoms with van der Waals surface area (Å²) in [7, 11) is 1.59. The third kappa shape index (κ3) is 4.10. The zero-order valence-corrected chi connectivity index (χ0v) is 14.4. The van der Waals surface area contributed by atoms with E-state index in [-0.39, 0.29) is 11.9 Å². The Morgan fingerprint density at radius 2 is 1.95 bits per heavy atom. The molecule has 116 valence electrons. The standard InChI is InChI=1S/C18H20BrNO2/c1-3-7-17(13-8-5-4-6-9-13)20-18(21)15-12-14(22-2)10-11-16(15)19/h4-6,8-12,17H,3,7H2,1-2H3,(H,20,21). The molecule has 0 spiro atoms. The molecule has 0 aliphatic carbocycles. The van der Waals surface area contributed by atoms with Crippen LogP contribution in [-0.4, -0.2) is 13.0 Å². The van der Waals surface area contributed by atoms with Gasteiger partial charge in [0.1, 0.15) is 5.75 Å². The molecular weight excluding hydrogens is 342 g/mol. The van der Waals surface area contributed by atoms with Crippen LogP contribution in [0.2, 0.25) is 0 Å². The molecule has 2 rings (SSSR count). The van der Waals surface area contributed by atoms with Crippen molar-refractivity contribution in [2.45, 2.75) is 25.8 Å². The first-order valence-electron chi connectivity index (χ1n) is 7.35. The Labute approximate surface area is 139 Å². The largest absolute Gasteiger partial charge is 0.497 e. The molecule has 2 aromatic carbocycles. The molecule has 0 heterocycles. The highest BCUT2D eigenvalue weighted by Gasteiger charge is 2.17. The van der Waals surface area contributed by atoms with Crippen molar-refractivity contribution >= 4 is 21.8 Å². The minimum atomic E-state index is -0.104. The first-order chi connectivity index (χ1) is 10.7. The molecule has 0 saturated heterocycles. The van der Waals surface area contributed by atoms with Crippen LogP contribution in [0.5, 0.6) is 5.75 Å². The van der Waals surface area contributed by atoms with E-state index >= 15 is 0 Å². The Bertz CT molecular complexity index is 628. The Balaban J connectivity index is 2.21. The highest BCUT2D eigenvalue weighted by molar-refractivity contribution is 9.10. The molecule has 0 bridgehead atoms. The second kappa shape index (κ2) is 7.99. The maximum atomic E-state index is 12.6. The van der Waals surface area contributed by atoms with Crippen LogP contribution in [0.15, 0.2) is 53.0 Å². The van der Waals surface area contributed by atoms with E-state index in [2.05, 4.69) is 28.2 Å². The van der Waals surface area contributed by atoms with Gasteiger partial charge in [0, 0.05) is 4.47 Å². The Kier molecular flexibility index (Phi) is 6.01. The van der Waals surface area contributed by atoms with E-state index in [1.807, 2.05) is 42.5 Å². The molecule has 0 saturated carbocycles. The third-order valence-corrected chi connectivity index (χ3v) is 4.19. The van der Waals surface area contributed by atoms with E-state index in [1.54, 1.807) is 13.2 Å². The number of benzene rings is 2. The van der Waals surface area contributed by atoms with Gasteiger partial charge in [0.2, 0.25) is 0 Å². The SMILES string of the molecule is CCCC(NC(=O)c1cc(OC)ccc1Br)c1ccccc1. The molecule has 22 heavy (non-hydrogen) atoms. The zero-order valence-electron chi connectivity index (χ0n) is 12.8. The van der Waals surface area contributed by atoms with E-state index in [0.717, 1.165) is 22.9 Å². The highest BCUT2D eigenvalue weighted by atomic mass is 79.9. The number of amides is 1. The number of rotatable bonds is 6. The van der Waals surface area contributed by atoms with Gasteiger partial charge in [0.25, 0.3) is 5.91 Å². The van der Waals surface area contributed by atoms with Crippen LogP contribution in [-0.2, 0) is 0 Å². The van der Waals surface area contributed by atoms with Crippen molar-refractivity contribution in [2.75, 3.05) is 7.11 Å². The van der Waals surface area contributed by atoms with Crippen molar-refractivity contribution in [3.05, 3.63) is 64.1 Å². The number of methoxy groups -OCH3 is 1. The van der Waals surface area contributed by atoms with Gasteiger partial charge in [-0.1, -0.05) is 43.7 Å². The van der Waals surface area contributed by atoms with Gasteiger partial charge in [-0.3, -0.25) is 4.79 Å². The average molecular weight is 362 g/mol. The first-order valence-corrected chi connectivity index (χ1v) is 8.14. The van der Waals surface area contributed by atoms with Crippen LogP contribution in [0.3, 0.4) is 0 Å². The van der Waals surface area contributed by atoms with E-state index in [4.69, 9.17) is 4.74 Å². The van der Waals surface area contributed by atoms with Crippen molar-refractivity contribution in [3.63, 3.8) is 0 Å². The van der Waals surface area contributed by atoms with Gasteiger partial charge in [-0.15, -0.1) is 0 Å². The molecule has 0 aliphatic rings. The number of hydrogen-bond acceptors (Lipinski definition) is 2. The lowest BCUT2D eigenvalue weighted by molar-refractivity contribution is 0.0933. The lowest BCUT2D eigenvalue weighted by Gasteiger charge is -2.19. The highest BCUT2D eigenvalue weighted by Crippen LogP contribution is 2.24. The fourth-order valence-electron chi connectivity index (χ4n) is 2.34. The summed E-state index contributed by atoms with van der Waals surface area (Å²) in [5, 5.41) is 3.12. The number of carbonyl (C=O) groups excluding carboxylic acids is 1. The number of hydrogen-bond donors (Lipinski definition) is 1. The van der Waals surface area contributed by atoms with E-state index in [1.165, 1.54) is 0 Å². The number of halogens is 1. The van der Waals surface area contributed by atoms with Crippen LogP contribution < -0.4 is 10.1 Å². The Morgan fingerprint density at radius 3 is 2.59 bits per heavy atom. The van der Waals surface area contributed by atoms with E-state index in [0.29, 0.717) is 11.3 Å². The summed E-state index contributed by atoms with van der Waals surface area (Å²) >= 11 is 3.43. The fourth-order valence-corrected chi connectivity index (χ4v) is 2.76. The zero-order chi connectivity index (χ0) is 15.9. The molecule has 1 atom stereocenters. The molecule has 4 heteroatoms. The number of carbonyl (C=O) groups is 1. The monoisotopic (exact) mass is 361 g/mol. The molecule has 1 amide bonds. The summed E-state index contributed by atoms with van der Waals surface area (Å²) in [6.45, 7) is 2.11. The van der Waals surface area contributed by atoms with E-state index in [9.17, 15) is 4.79 Å². The molecular formula is C18H20BrNO2. The third-order valence-electron chi connectivity index (χ3n) is 3.50. The lowest BCUT2D eigenvalue weighted by Crippen LogP contribution is -2.28. The molecule has 0 aromatic heterocycles. The molecule has 3 nitrogen and oxygen atoms in total. The van der Waals surface area contributed by atoms with Crippen molar-refractivity contribution in [2.24, 2.45) is 0 Å². The second-order valence-electron chi connectivity index (χ2n) is 5.07.